The van der Waals surface area contributed by atoms with Gasteiger partial charge in [0.1, 0.15) is 5.75 Å². The fourth-order valence-corrected chi connectivity index (χ4v) is 3.57. The molecule has 1 fully saturated rings. The Hall–Kier alpha value is -3.45. The van der Waals surface area contributed by atoms with Gasteiger partial charge in [-0.15, -0.1) is 0 Å². The van der Waals surface area contributed by atoms with E-state index in [1.54, 1.807) is 41.3 Å². The van der Waals surface area contributed by atoms with Gasteiger partial charge in [0.2, 0.25) is 0 Å². The number of hydrogen-bond donors (Lipinski definition) is 1. The highest BCUT2D eigenvalue weighted by atomic mass is 35.5. The summed E-state index contributed by atoms with van der Waals surface area (Å²) in [7, 11) is 0. The van der Waals surface area contributed by atoms with E-state index in [0.29, 0.717) is 29.5 Å². The number of ether oxygens (including phenoxy) is 1. The number of benzene rings is 2. The minimum Gasteiger partial charge on any atom is -0.484 e. The van der Waals surface area contributed by atoms with E-state index in [0.717, 1.165) is 18.8 Å². The summed E-state index contributed by atoms with van der Waals surface area (Å²) in [5, 5.41) is 3.44. The molecule has 0 spiro atoms. The number of hydrogen-bond acceptors (Lipinski definition) is 5. The van der Waals surface area contributed by atoms with Gasteiger partial charge < -0.3 is 24.3 Å². The van der Waals surface area contributed by atoms with Gasteiger partial charge in [-0.25, -0.2) is 0 Å². The van der Waals surface area contributed by atoms with E-state index < -0.39 is 0 Å². The van der Waals surface area contributed by atoms with E-state index in [9.17, 15) is 9.59 Å². The molecule has 2 amide bonds. The summed E-state index contributed by atoms with van der Waals surface area (Å²) >= 11 is 6.07. The number of halogens is 1. The number of anilines is 2. The predicted octanol–water partition coefficient (Wildman–Crippen LogP) is 3.91. The van der Waals surface area contributed by atoms with E-state index in [-0.39, 0.29) is 24.2 Å². The molecule has 7 nitrogen and oxygen atoms in total. The average Bonchev–Trinajstić information content (AvgIpc) is 3.33. The molecule has 0 atom stereocenters. The maximum Gasteiger partial charge on any atom is 0.291 e. The lowest BCUT2D eigenvalue weighted by molar-refractivity contribution is -0.133. The van der Waals surface area contributed by atoms with Crippen LogP contribution in [0, 0.1) is 0 Å². The van der Waals surface area contributed by atoms with Gasteiger partial charge >= 0.3 is 0 Å². The van der Waals surface area contributed by atoms with E-state index in [2.05, 4.69) is 10.2 Å². The molecule has 31 heavy (non-hydrogen) atoms. The summed E-state index contributed by atoms with van der Waals surface area (Å²) in [4.78, 5) is 28.7. The van der Waals surface area contributed by atoms with Gasteiger partial charge in [0.15, 0.2) is 12.4 Å². The van der Waals surface area contributed by atoms with Gasteiger partial charge in [-0.1, -0.05) is 23.7 Å². The second kappa shape index (κ2) is 9.57. The molecule has 1 aromatic heterocycles. The number of carbonyl (C=O) groups is 2. The molecule has 0 bridgehead atoms. The van der Waals surface area contributed by atoms with Crippen LogP contribution in [0.4, 0.5) is 11.4 Å². The summed E-state index contributed by atoms with van der Waals surface area (Å²) in [6.07, 6.45) is 1.44. The maximum atomic E-state index is 12.6. The lowest BCUT2D eigenvalue weighted by Crippen LogP contribution is -2.50. The van der Waals surface area contributed by atoms with Crippen molar-refractivity contribution < 1.29 is 18.7 Å². The first-order valence-electron chi connectivity index (χ1n) is 9.94. The van der Waals surface area contributed by atoms with Crippen molar-refractivity contribution in [3.8, 4) is 5.75 Å². The molecule has 8 heteroatoms. The zero-order valence-corrected chi connectivity index (χ0v) is 17.5. The number of nitrogens with one attached hydrogen (secondary N) is 1. The second-order valence-electron chi connectivity index (χ2n) is 7.10. The maximum absolute atomic E-state index is 12.6. The van der Waals surface area contributed by atoms with Crippen molar-refractivity contribution in [3.63, 3.8) is 0 Å². The van der Waals surface area contributed by atoms with Crippen LogP contribution in [-0.4, -0.2) is 49.5 Å². The van der Waals surface area contributed by atoms with Crippen molar-refractivity contribution in [1.82, 2.24) is 4.90 Å². The molecule has 1 saturated heterocycles. The predicted molar refractivity (Wildman–Crippen MR) is 119 cm³/mol. The van der Waals surface area contributed by atoms with Crippen molar-refractivity contribution in [3.05, 3.63) is 77.7 Å². The number of piperazine rings is 1. The molecular weight excluding hydrogens is 418 g/mol. The SMILES string of the molecule is O=C(Nc1cccc(OCC(=O)N2CCN(c3cccc(Cl)c3)CC2)c1)c1ccco1. The van der Waals surface area contributed by atoms with Gasteiger partial charge in [0, 0.05) is 48.6 Å². The Morgan fingerprint density at radius 2 is 1.81 bits per heavy atom. The van der Waals surface area contributed by atoms with Crippen LogP contribution in [0.15, 0.2) is 71.3 Å². The first-order valence-corrected chi connectivity index (χ1v) is 10.3. The van der Waals surface area contributed by atoms with Crippen LogP contribution in [0.2, 0.25) is 5.02 Å². The van der Waals surface area contributed by atoms with Crippen LogP contribution in [-0.2, 0) is 4.79 Å². The smallest absolute Gasteiger partial charge is 0.291 e. The fraction of sp³-hybridized carbons (Fsp3) is 0.217. The molecule has 1 N–H and O–H groups in total. The number of carbonyl (C=O) groups excluding carboxylic acids is 2. The van der Waals surface area contributed by atoms with Crippen LogP contribution in [0.25, 0.3) is 0 Å². The highest BCUT2D eigenvalue weighted by Gasteiger charge is 2.21. The Morgan fingerprint density at radius 3 is 2.55 bits per heavy atom. The molecule has 0 aliphatic carbocycles. The van der Waals surface area contributed by atoms with Crippen LogP contribution < -0.4 is 15.0 Å². The standard InChI is InChI=1S/C23H22ClN3O4/c24-17-4-1-6-19(14-17)26-9-11-27(12-10-26)22(28)16-31-20-7-2-5-18(15-20)25-23(29)21-8-3-13-30-21/h1-8,13-15H,9-12,16H2,(H,25,29). The van der Waals surface area contributed by atoms with Crippen molar-refractivity contribution in [2.24, 2.45) is 0 Å². The summed E-state index contributed by atoms with van der Waals surface area (Å²) in [5.74, 6) is 0.299. The van der Waals surface area contributed by atoms with Crippen molar-refractivity contribution in [2.75, 3.05) is 43.0 Å². The Labute approximate surface area is 185 Å². The third-order valence-corrected chi connectivity index (χ3v) is 5.24. The monoisotopic (exact) mass is 439 g/mol. The van der Waals surface area contributed by atoms with Gasteiger partial charge in [-0.05, 0) is 42.5 Å². The van der Waals surface area contributed by atoms with Crippen LogP contribution >= 0.6 is 11.6 Å². The molecule has 0 radical (unpaired) electrons. The Bertz CT molecular complexity index is 1050. The molecule has 4 rings (SSSR count). The molecule has 2 aromatic carbocycles. The highest BCUT2D eigenvalue weighted by molar-refractivity contribution is 6.30. The summed E-state index contributed by atoms with van der Waals surface area (Å²) in [6.45, 7) is 2.65. The summed E-state index contributed by atoms with van der Waals surface area (Å²) in [6, 6.07) is 17.9. The molecule has 160 valence electrons. The number of furan rings is 1. The first kappa shape index (κ1) is 20.8. The highest BCUT2D eigenvalue weighted by Crippen LogP contribution is 2.21. The third kappa shape index (κ3) is 5.38. The third-order valence-electron chi connectivity index (χ3n) is 5.00. The number of amides is 2. The Balaban J connectivity index is 1.27. The summed E-state index contributed by atoms with van der Waals surface area (Å²) in [5.41, 5.74) is 1.62. The van der Waals surface area contributed by atoms with Gasteiger partial charge in [-0.3, -0.25) is 9.59 Å². The van der Waals surface area contributed by atoms with Gasteiger partial charge in [0.05, 0.1) is 6.26 Å². The largest absolute Gasteiger partial charge is 0.484 e. The topological polar surface area (TPSA) is 75.0 Å². The molecule has 0 saturated carbocycles. The van der Waals surface area contributed by atoms with E-state index >= 15 is 0 Å². The zero-order valence-electron chi connectivity index (χ0n) is 16.8. The van der Waals surface area contributed by atoms with Crippen LogP contribution in [0.5, 0.6) is 5.75 Å². The normalized spacial score (nSPS) is 13.7. The van der Waals surface area contributed by atoms with E-state index in [1.165, 1.54) is 6.26 Å². The minimum atomic E-state index is -0.351. The molecular formula is C23H22ClN3O4. The van der Waals surface area contributed by atoms with Crippen molar-refractivity contribution in [2.45, 2.75) is 0 Å². The molecule has 1 aliphatic rings. The van der Waals surface area contributed by atoms with E-state index in [4.69, 9.17) is 20.8 Å². The minimum absolute atomic E-state index is 0.0627. The number of nitrogens with zero attached hydrogens (tertiary/aromatic N) is 2. The lowest BCUT2D eigenvalue weighted by Gasteiger charge is -2.36. The second-order valence-corrected chi connectivity index (χ2v) is 7.53. The fourth-order valence-electron chi connectivity index (χ4n) is 3.39. The quantitative estimate of drug-likeness (QED) is 0.630. The van der Waals surface area contributed by atoms with Crippen LogP contribution in [0.3, 0.4) is 0 Å². The zero-order chi connectivity index (χ0) is 21.6. The molecule has 3 aromatic rings. The van der Waals surface area contributed by atoms with Gasteiger partial charge in [-0.2, -0.15) is 0 Å². The molecule has 0 unspecified atom stereocenters. The Kier molecular flexibility index (Phi) is 6.43. The van der Waals surface area contributed by atoms with E-state index in [1.807, 2.05) is 24.3 Å². The lowest BCUT2D eigenvalue weighted by atomic mass is 10.2. The first-order chi connectivity index (χ1) is 15.1. The van der Waals surface area contributed by atoms with Crippen molar-refractivity contribution in [1.29, 1.82) is 0 Å². The number of rotatable bonds is 6. The van der Waals surface area contributed by atoms with Crippen LogP contribution in [0.1, 0.15) is 10.6 Å². The van der Waals surface area contributed by atoms with Gasteiger partial charge in [0.25, 0.3) is 11.8 Å². The average molecular weight is 440 g/mol. The Morgan fingerprint density at radius 1 is 1.00 bits per heavy atom. The molecule has 1 aliphatic heterocycles. The van der Waals surface area contributed by atoms with Crippen molar-refractivity contribution >= 4 is 34.8 Å². The summed E-state index contributed by atoms with van der Waals surface area (Å²) < 4.78 is 10.7. The molecule has 2 heterocycles.